The van der Waals surface area contributed by atoms with Crippen LogP contribution in [0.25, 0.3) is 0 Å². The lowest BCUT2D eigenvalue weighted by Crippen LogP contribution is -2.43. The van der Waals surface area contributed by atoms with Crippen LogP contribution in [-0.2, 0) is 14.4 Å². The van der Waals surface area contributed by atoms with Crippen LogP contribution < -0.4 is 10.9 Å². The predicted molar refractivity (Wildman–Crippen MR) is 106 cm³/mol. The highest BCUT2D eigenvalue weighted by Gasteiger charge is 2.05. The lowest BCUT2D eigenvalue weighted by Gasteiger charge is -2.05. The molecule has 0 unspecified atom stereocenters. The molecule has 0 aliphatic rings. The number of ether oxygens (including phenoxy) is 1. The molecule has 0 heterocycles. The molecule has 7 nitrogen and oxygen atoms in total. The van der Waals surface area contributed by atoms with Crippen molar-refractivity contribution < 1.29 is 19.2 Å². The average Bonchev–Trinajstić information content (AvgIpc) is 2.69. The van der Waals surface area contributed by atoms with Gasteiger partial charge in [-0.05, 0) is 24.3 Å². The minimum absolute atomic E-state index is 0.126. The number of benzene rings is 2. The molecule has 0 atom stereocenters. The number of carbonyl (C=O) groups is 2. The molecule has 2 aromatic carbocycles. The normalized spacial score (nSPS) is 9.93. The van der Waals surface area contributed by atoms with Crippen LogP contribution in [0.15, 0.2) is 53.7 Å². The molecule has 0 saturated carbocycles. The van der Waals surface area contributed by atoms with Crippen molar-refractivity contribution in [2.24, 2.45) is 5.16 Å². The van der Waals surface area contributed by atoms with Gasteiger partial charge in [-0.15, -0.1) is 0 Å². The lowest BCUT2D eigenvalue weighted by molar-refractivity contribution is -0.126. The van der Waals surface area contributed by atoms with E-state index in [0.717, 1.165) is 5.56 Å². The molecule has 144 valence electrons. The van der Waals surface area contributed by atoms with E-state index in [0.29, 0.717) is 15.6 Å². The number of hydrogen-bond acceptors (Lipinski definition) is 5. The fourth-order valence-corrected chi connectivity index (χ4v) is 2.21. The Balaban J connectivity index is 1.62. The summed E-state index contributed by atoms with van der Waals surface area (Å²) in [6.45, 7) is -0.547. The summed E-state index contributed by atoms with van der Waals surface area (Å²) in [5, 5.41) is 4.50. The second kappa shape index (κ2) is 11.5. The van der Waals surface area contributed by atoms with Crippen molar-refractivity contribution in [1.82, 2.24) is 10.9 Å². The van der Waals surface area contributed by atoms with Crippen molar-refractivity contribution in [2.45, 2.75) is 0 Å². The van der Waals surface area contributed by atoms with Gasteiger partial charge in [-0.1, -0.05) is 64.5 Å². The average molecular weight is 420 g/mol. The first-order valence-corrected chi connectivity index (χ1v) is 8.66. The molecule has 0 saturated heterocycles. The van der Waals surface area contributed by atoms with Crippen LogP contribution in [0, 0.1) is 11.8 Å². The smallest absolute Gasteiger partial charge is 0.426 e. The van der Waals surface area contributed by atoms with Gasteiger partial charge in [-0.25, -0.2) is 10.2 Å². The second-order valence-corrected chi connectivity index (χ2v) is 5.93. The molecule has 9 heteroatoms. The van der Waals surface area contributed by atoms with Gasteiger partial charge in [0.25, 0.3) is 5.91 Å². The van der Waals surface area contributed by atoms with Gasteiger partial charge in [0.1, 0.15) is 0 Å². The number of nitrogens with zero attached hydrogens (tertiary/aromatic N) is 1. The summed E-state index contributed by atoms with van der Waals surface area (Å²) in [7, 11) is 0. The van der Waals surface area contributed by atoms with Crippen LogP contribution in [-0.4, -0.2) is 31.4 Å². The summed E-state index contributed by atoms with van der Waals surface area (Å²) in [4.78, 5) is 27.8. The molecule has 0 fully saturated rings. The molecule has 2 amide bonds. The number of nitrogens with one attached hydrogen (secondary N) is 2. The van der Waals surface area contributed by atoms with Crippen LogP contribution in [0.3, 0.4) is 0 Å². The molecule has 0 aliphatic heterocycles. The summed E-state index contributed by atoms with van der Waals surface area (Å²) in [5.74, 6) is 4.87. The van der Waals surface area contributed by atoms with E-state index in [1.165, 1.54) is 6.21 Å². The first-order chi connectivity index (χ1) is 13.5. The van der Waals surface area contributed by atoms with Crippen molar-refractivity contribution in [3.05, 3.63) is 69.7 Å². The zero-order chi connectivity index (χ0) is 20.2. The number of hydrazine groups is 1. The molecular weight excluding hydrogens is 405 g/mol. The van der Waals surface area contributed by atoms with E-state index in [4.69, 9.17) is 32.8 Å². The lowest BCUT2D eigenvalue weighted by atomic mass is 10.2. The minimum atomic E-state index is -0.854. The van der Waals surface area contributed by atoms with Crippen LogP contribution in [0.2, 0.25) is 10.0 Å². The van der Waals surface area contributed by atoms with Gasteiger partial charge in [0.05, 0.1) is 11.2 Å². The Hall–Kier alpha value is -3.21. The van der Waals surface area contributed by atoms with Gasteiger partial charge in [-0.3, -0.25) is 10.2 Å². The van der Waals surface area contributed by atoms with Gasteiger partial charge in [0.15, 0.2) is 13.2 Å². The molecule has 0 radical (unpaired) electrons. The fourth-order valence-electron chi connectivity index (χ4n) is 1.75. The summed E-state index contributed by atoms with van der Waals surface area (Å²) < 4.78 is 4.79. The Morgan fingerprint density at radius 2 is 1.89 bits per heavy atom. The monoisotopic (exact) mass is 419 g/mol. The molecule has 0 aromatic heterocycles. The topological polar surface area (TPSA) is 89.0 Å². The summed E-state index contributed by atoms with van der Waals surface area (Å²) in [6.07, 6.45) is 0.478. The Kier molecular flexibility index (Phi) is 8.66. The Labute approximate surface area is 171 Å². The molecular formula is C19H15Cl2N3O4. The number of rotatable bonds is 5. The zero-order valence-electron chi connectivity index (χ0n) is 14.4. The standard InChI is InChI=1S/C19H15Cl2N3O4/c20-16-9-8-15(17(21)11-16)12-22-28-13-18(25)23-24-19(26)27-10-4-7-14-5-2-1-3-6-14/h1-3,5-6,8-9,11-12H,10,13H2,(H,23,25)(H,24,26)/b22-12+. The number of oxime groups is 1. The third-order valence-corrected chi connectivity index (χ3v) is 3.57. The molecule has 0 bridgehead atoms. The van der Waals surface area contributed by atoms with Crippen molar-refractivity contribution in [3.63, 3.8) is 0 Å². The maximum Gasteiger partial charge on any atom is 0.426 e. The third-order valence-electron chi connectivity index (χ3n) is 3.01. The van der Waals surface area contributed by atoms with Crippen LogP contribution in [0.1, 0.15) is 11.1 Å². The molecule has 0 spiro atoms. The zero-order valence-corrected chi connectivity index (χ0v) is 16.0. The Bertz CT molecular complexity index is 908. The van der Waals surface area contributed by atoms with E-state index in [2.05, 4.69) is 27.8 Å². The predicted octanol–water partition coefficient (Wildman–Crippen LogP) is 3.15. The highest BCUT2D eigenvalue weighted by Crippen LogP contribution is 2.19. The Morgan fingerprint density at radius 1 is 1.11 bits per heavy atom. The Morgan fingerprint density at radius 3 is 2.64 bits per heavy atom. The first kappa shape index (κ1) is 21.1. The fraction of sp³-hybridized carbons (Fsp3) is 0.105. The quantitative estimate of drug-likeness (QED) is 0.442. The van der Waals surface area contributed by atoms with Crippen molar-refractivity contribution in [2.75, 3.05) is 13.2 Å². The van der Waals surface area contributed by atoms with E-state index < -0.39 is 18.6 Å². The summed E-state index contributed by atoms with van der Waals surface area (Å²) in [5.41, 5.74) is 5.54. The molecule has 2 rings (SSSR count). The van der Waals surface area contributed by atoms with E-state index in [1.807, 2.05) is 30.3 Å². The van der Waals surface area contributed by atoms with Crippen molar-refractivity contribution >= 4 is 41.4 Å². The number of amides is 2. The van der Waals surface area contributed by atoms with Crippen LogP contribution >= 0.6 is 23.2 Å². The SMILES string of the molecule is O=C(CO/N=C/c1ccc(Cl)cc1Cl)NNC(=O)OCC#Cc1ccccc1. The number of halogens is 2. The third kappa shape index (κ3) is 7.99. The van der Waals surface area contributed by atoms with E-state index >= 15 is 0 Å². The molecule has 2 aromatic rings. The van der Waals surface area contributed by atoms with Gasteiger partial charge in [0.2, 0.25) is 0 Å². The van der Waals surface area contributed by atoms with Crippen molar-refractivity contribution in [1.29, 1.82) is 0 Å². The maximum atomic E-state index is 11.5. The van der Waals surface area contributed by atoms with Gasteiger partial charge in [-0.2, -0.15) is 0 Å². The summed E-state index contributed by atoms with van der Waals surface area (Å²) in [6, 6.07) is 14.1. The molecule has 2 N–H and O–H groups in total. The van der Waals surface area contributed by atoms with Gasteiger partial charge < -0.3 is 9.57 Å². The number of carbonyl (C=O) groups excluding carboxylic acids is 2. The summed E-state index contributed by atoms with van der Waals surface area (Å²) >= 11 is 11.7. The highest BCUT2D eigenvalue weighted by atomic mass is 35.5. The molecule has 28 heavy (non-hydrogen) atoms. The highest BCUT2D eigenvalue weighted by molar-refractivity contribution is 6.36. The van der Waals surface area contributed by atoms with Crippen molar-refractivity contribution in [3.8, 4) is 11.8 Å². The van der Waals surface area contributed by atoms with Crippen LogP contribution in [0.4, 0.5) is 4.79 Å². The van der Waals surface area contributed by atoms with Gasteiger partial charge >= 0.3 is 6.09 Å². The van der Waals surface area contributed by atoms with E-state index in [1.54, 1.807) is 18.2 Å². The second-order valence-electron chi connectivity index (χ2n) is 5.09. The number of hydrogen-bond donors (Lipinski definition) is 2. The first-order valence-electron chi connectivity index (χ1n) is 7.90. The molecule has 0 aliphatic carbocycles. The van der Waals surface area contributed by atoms with Crippen LogP contribution in [0.5, 0.6) is 0 Å². The maximum absolute atomic E-state index is 11.5. The van der Waals surface area contributed by atoms with E-state index in [9.17, 15) is 9.59 Å². The largest absolute Gasteiger partial charge is 0.435 e. The van der Waals surface area contributed by atoms with Gasteiger partial charge in [0, 0.05) is 16.1 Å². The minimum Gasteiger partial charge on any atom is -0.435 e. The van der Waals surface area contributed by atoms with E-state index in [-0.39, 0.29) is 6.61 Å².